The third kappa shape index (κ3) is 4.64. The average Bonchev–Trinajstić information content (AvgIpc) is 2.50. The van der Waals surface area contributed by atoms with Crippen molar-refractivity contribution in [3.05, 3.63) is 0 Å². The van der Waals surface area contributed by atoms with Crippen LogP contribution in [0, 0.1) is 5.41 Å². The number of hydrogen-bond acceptors (Lipinski definition) is 5. The van der Waals surface area contributed by atoms with Crippen LogP contribution < -0.4 is 10.6 Å². The first-order valence-electron chi connectivity index (χ1n) is 8.05. The number of amides is 1. The van der Waals surface area contributed by atoms with Gasteiger partial charge in [-0.15, -0.1) is 0 Å². The Balaban J connectivity index is 1.74. The van der Waals surface area contributed by atoms with Crippen LogP contribution in [0.3, 0.4) is 0 Å². The van der Waals surface area contributed by atoms with Gasteiger partial charge in [0.05, 0.1) is 12.0 Å². The van der Waals surface area contributed by atoms with Crippen molar-refractivity contribution in [2.75, 3.05) is 73.1 Å². The zero-order chi connectivity index (χ0) is 15.1. The Hall–Kier alpha value is -0.690. The lowest BCUT2D eigenvalue weighted by Crippen LogP contribution is -2.52. The summed E-state index contributed by atoms with van der Waals surface area (Å²) >= 11 is 0. The lowest BCUT2D eigenvalue weighted by atomic mass is 9.78. The van der Waals surface area contributed by atoms with Crippen molar-refractivity contribution in [1.82, 2.24) is 20.4 Å². The van der Waals surface area contributed by atoms with Crippen molar-refractivity contribution in [2.45, 2.75) is 12.8 Å². The summed E-state index contributed by atoms with van der Waals surface area (Å²) in [5.41, 5.74) is -0.331. The quantitative estimate of drug-likeness (QED) is 0.684. The number of carbonyl (C=O) groups excluding carboxylic acids is 1. The lowest BCUT2D eigenvalue weighted by molar-refractivity contribution is -0.136. The molecular formula is C15H30N4O2. The van der Waals surface area contributed by atoms with E-state index in [0.29, 0.717) is 6.61 Å². The van der Waals surface area contributed by atoms with Crippen LogP contribution in [0.25, 0.3) is 0 Å². The summed E-state index contributed by atoms with van der Waals surface area (Å²) in [7, 11) is 3.84. The molecule has 122 valence electrons. The molecule has 0 bridgehead atoms. The third-order valence-corrected chi connectivity index (χ3v) is 4.77. The van der Waals surface area contributed by atoms with Gasteiger partial charge in [0.25, 0.3) is 0 Å². The molecule has 1 amide bonds. The van der Waals surface area contributed by atoms with E-state index in [2.05, 4.69) is 27.5 Å². The molecule has 2 aliphatic heterocycles. The molecule has 2 N–H and O–H groups in total. The molecular weight excluding hydrogens is 268 g/mol. The first kappa shape index (κ1) is 16.7. The molecule has 0 aromatic rings. The maximum Gasteiger partial charge on any atom is 0.228 e. The van der Waals surface area contributed by atoms with E-state index in [0.717, 1.165) is 65.2 Å². The number of nitrogens with one attached hydrogen (secondary N) is 2. The number of piperidine rings is 1. The molecule has 0 aliphatic carbocycles. The van der Waals surface area contributed by atoms with E-state index in [4.69, 9.17) is 4.74 Å². The summed E-state index contributed by atoms with van der Waals surface area (Å²) in [5.74, 6) is 0.167. The van der Waals surface area contributed by atoms with Gasteiger partial charge in [-0.3, -0.25) is 9.69 Å². The molecule has 2 heterocycles. The Morgan fingerprint density at radius 1 is 1.24 bits per heavy atom. The molecule has 0 radical (unpaired) electrons. The predicted molar refractivity (Wildman–Crippen MR) is 83.4 cm³/mol. The number of methoxy groups -OCH3 is 1. The second kappa shape index (κ2) is 8.08. The summed E-state index contributed by atoms with van der Waals surface area (Å²) < 4.78 is 5.31. The summed E-state index contributed by atoms with van der Waals surface area (Å²) in [6.45, 7) is 8.43. The molecule has 0 aromatic carbocycles. The molecule has 0 atom stereocenters. The minimum Gasteiger partial charge on any atom is -0.384 e. The van der Waals surface area contributed by atoms with Crippen LogP contribution in [0.2, 0.25) is 0 Å². The second-order valence-electron chi connectivity index (χ2n) is 6.36. The van der Waals surface area contributed by atoms with Crippen LogP contribution in [0.15, 0.2) is 0 Å². The van der Waals surface area contributed by atoms with E-state index in [9.17, 15) is 4.79 Å². The van der Waals surface area contributed by atoms with Crippen LogP contribution in [0.5, 0.6) is 0 Å². The highest BCUT2D eigenvalue weighted by molar-refractivity contribution is 5.83. The zero-order valence-corrected chi connectivity index (χ0v) is 13.5. The Morgan fingerprint density at radius 2 is 1.90 bits per heavy atom. The first-order valence-corrected chi connectivity index (χ1v) is 8.05. The highest BCUT2D eigenvalue weighted by Gasteiger charge is 2.39. The maximum atomic E-state index is 12.6. The van der Waals surface area contributed by atoms with Gasteiger partial charge in [-0.05, 0) is 33.0 Å². The maximum absolute atomic E-state index is 12.6. The topological polar surface area (TPSA) is 56.8 Å². The fraction of sp³-hybridized carbons (Fsp3) is 0.933. The van der Waals surface area contributed by atoms with E-state index in [1.54, 1.807) is 7.11 Å². The Labute approximate surface area is 128 Å². The Bertz CT molecular complexity index is 318. The van der Waals surface area contributed by atoms with Crippen LogP contribution in [-0.4, -0.2) is 88.8 Å². The average molecular weight is 298 g/mol. The van der Waals surface area contributed by atoms with Gasteiger partial charge >= 0.3 is 0 Å². The molecule has 0 unspecified atom stereocenters. The number of ether oxygens (including phenoxy) is 1. The fourth-order valence-electron chi connectivity index (χ4n) is 3.21. The highest BCUT2D eigenvalue weighted by atomic mass is 16.5. The summed E-state index contributed by atoms with van der Waals surface area (Å²) in [4.78, 5) is 17.3. The van der Waals surface area contributed by atoms with Crippen LogP contribution in [-0.2, 0) is 9.53 Å². The van der Waals surface area contributed by atoms with Crippen molar-refractivity contribution in [1.29, 1.82) is 0 Å². The number of piperazine rings is 1. The van der Waals surface area contributed by atoms with Gasteiger partial charge in [0.2, 0.25) is 5.91 Å². The van der Waals surface area contributed by atoms with E-state index >= 15 is 0 Å². The number of likely N-dealkylation sites (N-methyl/N-ethyl adjacent to an activating group) is 1. The number of hydrogen-bond donors (Lipinski definition) is 2. The van der Waals surface area contributed by atoms with Gasteiger partial charge in [0.15, 0.2) is 0 Å². The van der Waals surface area contributed by atoms with Gasteiger partial charge in [0, 0.05) is 46.4 Å². The Morgan fingerprint density at radius 3 is 2.52 bits per heavy atom. The van der Waals surface area contributed by atoms with Gasteiger partial charge in [-0.2, -0.15) is 0 Å². The smallest absolute Gasteiger partial charge is 0.228 e. The summed E-state index contributed by atoms with van der Waals surface area (Å²) in [5, 5.41) is 6.45. The number of carbonyl (C=O) groups is 1. The minimum atomic E-state index is -0.331. The predicted octanol–water partition coefficient (Wildman–Crippen LogP) is -0.634. The van der Waals surface area contributed by atoms with Crippen molar-refractivity contribution in [3.63, 3.8) is 0 Å². The van der Waals surface area contributed by atoms with E-state index in [1.165, 1.54) is 0 Å². The SMILES string of the molecule is COCC1(C(=O)NCCN2CCN(C)CC2)CCNCC1. The molecule has 6 nitrogen and oxygen atoms in total. The Kier molecular flexibility index (Phi) is 6.41. The van der Waals surface area contributed by atoms with E-state index < -0.39 is 0 Å². The van der Waals surface area contributed by atoms with Crippen LogP contribution in [0.4, 0.5) is 0 Å². The fourth-order valence-corrected chi connectivity index (χ4v) is 3.21. The van der Waals surface area contributed by atoms with Gasteiger partial charge in [-0.1, -0.05) is 0 Å². The lowest BCUT2D eigenvalue weighted by Gasteiger charge is -2.36. The van der Waals surface area contributed by atoms with Crippen molar-refractivity contribution >= 4 is 5.91 Å². The number of rotatable bonds is 6. The normalized spacial score (nSPS) is 23.9. The first-order chi connectivity index (χ1) is 10.2. The molecule has 6 heteroatoms. The zero-order valence-electron chi connectivity index (χ0n) is 13.5. The standard InChI is InChI=1S/C15H30N4O2/c1-18-9-11-19(12-10-18)8-7-17-14(20)15(13-21-2)3-5-16-6-4-15/h16H,3-13H2,1-2H3,(H,17,20). The summed E-state index contributed by atoms with van der Waals surface area (Å²) in [6, 6.07) is 0. The van der Waals surface area contributed by atoms with Gasteiger partial charge in [0.1, 0.15) is 0 Å². The molecule has 0 aromatic heterocycles. The number of nitrogens with zero attached hydrogens (tertiary/aromatic N) is 2. The van der Waals surface area contributed by atoms with Gasteiger partial charge < -0.3 is 20.3 Å². The van der Waals surface area contributed by atoms with Crippen molar-refractivity contribution < 1.29 is 9.53 Å². The van der Waals surface area contributed by atoms with Crippen LogP contribution >= 0.6 is 0 Å². The monoisotopic (exact) mass is 298 g/mol. The second-order valence-corrected chi connectivity index (χ2v) is 6.36. The van der Waals surface area contributed by atoms with E-state index in [1.807, 2.05) is 0 Å². The molecule has 2 saturated heterocycles. The third-order valence-electron chi connectivity index (χ3n) is 4.77. The van der Waals surface area contributed by atoms with Crippen molar-refractivity contribution in [2.24, 2.45) is 5.41 Å². The molecule has 2 aliphatic rings. The molecule has 0 saturated carbocycles. The minimum absolute atomic E-state index is 0.167. The van der Waals surface area contributed by atoms with E-state index in [-0.39, 0.29) is 11.3 Å². The molecule has 21 heavy (non-hydrogen) atoms. The highest BCUT2D eigenvalue weighted by Crippen LogP contribution is 2.29. The molecule has 0 spiro atoms. The molecule has 2 rings (SSSR count). The largest absolute Gasteiger partial charge is 0.384 e. The van der Waals surface area contributed by atoms with Gasteiger partial charge in [-0.25, -0.2) is 0 Å². The summed E-state index contributed by atoms with van der Waals surface area (Å²) in [6.07, 6.45) is 1.72. The van der Waals surface area contributed by atoms with Crippen molar-refractivity contribution in [3.8, 4) is 0 Å². The molecule has 2 fully saturated rings. The van der Waals surface area contributed by atoms with Crippen LogP contribution in [0.1, 0.15) is 12.8 Å².